The van der Waals surface area contributed by atoms with E-state index in [-0.39, 0.29) is 11.8 Å². The predicted octanol–water partition coefficient (Wildman–Crippen LogP) is 2.33. The fraction of sp³-hybridized carbons (Fsp3) is 0.286. The molecule has 2 aromatic heterocycles. The lowest BCUT2D eigenvalue weighted by molar-refractivity contribution is -0.143. The molecule has 29 heavy (non-hydrogen) atoms. The van der Waals surface area contributed by atoms with Crippen LogP contribution in [0.25, 0.3) is 11.3 Å². The van der Waals surface area contributed by atoms with E-state index in [0.717, 1.165) is 16.8 Å². The van der Waals surface area contributed by atoms with Gasteiger partial charge in [-0.3, -0.25) is 14.6 Å². The number of likely N-dealkylation sites (tertiary alicyclic amines) is 1. The highest BCUT2D eigenvalue weighted by atomic mass is 16.4. The molecule has 1 aliphatic rings. The molecular weight excluding hydrogens is 370 g/mol. The molecule has 1 amide bonds. The van der Waals surface area contributed by atoms with E-state index >= 15 is 0 Å². The van der Waals surface area contributed by atoms with Gasteiger partial charge < -0.3 is 10.0 Å². The number of carbonyl (C=O) groups is 2. The zero-order valence-electron chi connectivity index (χ0n) is 15.8. The maximum absolute atomic E-state index is 12.7. The Hall–Kier alpha value is -3.55. The van der Waals surface area contributed by atoms with Crippen molar-refractivity contribution in [2.24, 2.45) is 5.92 Å². The van der Waals surface area contributed by atoms with Crippen LogP contribution in [0.5, 0.6) is 0 Å². The summed E-state index contributed by atoms with van der Waals surface area (Å²) in [7, 11) is 0. The average molecular weight is 391 g/mol. The van der Waals surface area contributed by atoms with Gasteiger partial charge in [-0.15, -0.1) is 5.10 Å². The van der Waals surface area contributed by atoms with Gasteiger partial charge in [-0.2, -0.15) is 0 Å². The van der Waals surface area contributed by atoms with E-state index in [1.54, 1.807) is 22.0 Å². The van der Waals surface area contributed by atoms with Gasteiger partial charge in [0.05, 0.1) is 18.7 Å². The van der Waals surface area contributed by atoms with Gasteiger partial charge in [-0.1, -0.05) is 17.3 Å². The third-order valence-electron chi connectivity index (χ3n) is 5.19. The SMILES string of the molecule is O=C(O)C1CCN(C(=O)c2ccc(Cn3cc(-c4ccncc4)nn3)cc2)CC1. The number of hydrogen-bond acceptors (Lipinski definition) is 5. The molecule has 1 aromatic carbocycles. The highest BCUT2D eigenvalue weighted by Gasteiger charge is 2.27. The molecular formula is C21H21N5O3. The van der Waals surface area contributed by atoms with E-state index < -0.39 is 5.97 Å². The van der Waals surface area contributed by atoms with Gasteiger partial charge in [-0.25, -0.2) is 4.68 Å². The second kappa shape index (κ2) is 8.22. The Morgan fingerprint density at radius 2 is 1.72 bits per heavy atom. The number of amides is 1. The van der Waals surface area contributed by atoms with Crippen LogP contribution in [0.3, 0.4) is 0 Å². The van der Waals surface area contributed by atoms with Crippen LogP contribution in [0, 0.1) is 5.92 Å². The topological polar surface area (TPSA) is 101 Å². The number of nitrogens with zero attached hydrogens (tertiary/aromatic N) is 5. The molecule has 8 nitrogen and oxygen atoms in total. The smallest absolute Gasteiger partial charge is 0.306 e. The van der Waals surface area contributed by atoms with E-state index in [9.17, 15) is 9.59 Å². The fourth-order valence-electron chi connectivity index (χ4n) is 3.48. The van der Waals surface area contributed by atoms with Crippen molar-refractivity contribution in [2.45, 2.75) is 19.4 Å². The van der Waals surface area contributed by atoms with Crippen molar-refractivity contribution in [1.29, 1.82) is 0 Å². The number of aliphatic carboxylic acids is 1. The summed E-state index contributed by atoms with van der Waals surface area (Å²) < 4.78 is 1.75. The summed E-state index contributed by atoms with van der Waals surface area (Å²) in [5, 5.41) is 17.4. The van der Waals surface area contributed by atoms with Crippen LogP contribution in [-0.2, 0) is 11.3 Å². The number of pyridine rings is 1. The lowest BCUT2D eigenvalue weighted by atomic mass is 9.96. The third-order valence-corrected chi connectivity index (χ3v) is 5.19. The summed E-state index contributed by atoms with van der Waals surface area (Å²) in [6.45, 7) is 1.51. The summed E-state index contributed by atoms with van der Waals surface area (Å²) in [5.74, 6) is -1.18. The molecule has 0 bridgehead atoms. The molecule has 148 valence electrons. The van der Waals surface area contributed by atoms with Crippen LogP contribution >= 0.6 is 0 Å². The molecule has 0 unspecified atom stereocenters. The number of carboxylic acid groups (broad SMARTS) is 1. The summed E-state index contributed by atoms with van der Waals surface area (Å²) >= 11 is 0. The highest BCUT2D eigenvalue weighted by Crippen LogP contribution is 2.20. The second-order valence-corrected chi connectivity index (χ2v) is 7.14. The summed E-state index contributed by atoms with van der Waals surface area (Å²) in [4.78, 5) is 29.4. The van der Waals surface area contributed by atoms with Crippen molar-refractivity contribution in [3.8, 4) is 11.3 Å². The minimum Gasteiger partial charge on any atom is -0.481 e. The molecule has 4 rings (SSSR count). The Morgan fingerprint density at radius 3 is 2.38 bits per heavy atom. The normalized spacial score (nSPS) is 14.7. The van der Waals surface area contributed by atoms with Gasteiger partial charge in [0.1, 0.15) is 5.69 Å². The van der Waals surface area contributed by atoms with Gasteiger partial charge in [0, 0.05) is 36.6 Å². The Morgan fingerprint density at radius 1 is 1.03 bits per heavy atom. The van der Waals surface area contributed by atoms with E-state index in [0.29, 0.717) is 38.0 Å². The predicted molar refractivity (Wildman–Crippen MR) is 105 cm³/mol. The van der Waals surface area contributed by atoms with E-state index in [1.807, 2.05) is 42.6 Å². The average Bonchev–Trinajstić information content (AvgIpc) is 3.23. The Bertz CT molecular complexity index is 993. The number of aromatic nitrogens is 4. The molecule has 1 fully saturated rings. The lowest BCUT2D eigenvalue weighted by Gasteiger charge is -2.30. The third kappa shape index (κ3) is 4.31. The standard InChI is InChI=1S/C21H21N5O3/c27-20(25-11-7-18(8-12-25)21(28)29)17-3-1-15(2-4-17)13-26-14-19(23-24-26)16-5-9-22-10-6-16/h1-6,9-10,14,18H,7-8,11-13H2,(H,28,29). The molecule has 0 saturated carbocycles. The highest BCUT2D eigenvalue weighted by molar-refractivity contribution is 5.94. The van der Waals surface area contributed by atoms with Crippen molar-refractivity contribution in [2.75, 3.05) is 13.1 Å². The maximum atomic E-state index is 12.7. The van der Waals surface area contributed by atoms with E-state index in [2.05, 4.69) is 15.3 Å². The number of hydrogen-bond donors (Lipinski definition) is 1. The van der Waals surface area contributed by atoms with E-state index in [1.165, 1.54) is 0 Å². The first-order chi connectivity index (χ1) is 14.1. The minimum atomic E-state index is -0.776. The molecule has 0 aliphatic carbocycles. The van der Waals surface area contributed by atoms with Gasteiger partial charge in [-0.05, 0) is 42.7 Å². The monoisotopic (exact) mass is 391 g/mol. The minimum absolute atomic E-state index is 0.0545. The van der Waals surface area contributed by atoms with Crippen LogP contribution in [0.15, 0.2) is 55.0 Å². The fourth-order valence-corrected chi connectivity index (χ4v) is 3.48. The molecule has 0 atom stereocenters. The molecule has 1 saturated heterocycles. The first-order valence-corrected chi connectivity index (χ1v) is 9.52. The molecule has 1 N–H and O–H groups in total. The molecule has 3 heterocycles. The zero-order chi connectivity index (χ0) is 20.2. The largest absolute Gasteiger partial charge is 0.481 e. The van der Waals surface area contributed by atoms with Gasteiger partial charge >= 0.3 is 5.97 Å². The number of piperidine rings is 1. The Kier molecular flexibility index (Phi) is 5.33. The first kappa shape index (κ1) is 18.8. The summed E-state index contributed by atoms with van der Waals surface area (Å²) in [6.07, 6.45) is 6.32. The van der Waals surface area contributed by atoms with Crippen LogP contribution < -0.4 is 0 Å². The first-order valence-electron chi connectivity index (χ1n) is 9.52. The Labute approximate surface area is 167 Å². The lowest BCUT2D eigenvalue weighted by Crippen LogP contribution is -2.40. The number of rotatable bonds is 5. The summed E-state index contributed by atoms with van der Waals surface area (Å²) in [5.41, 5.74) is 3.36. The van der Waals surface area contributed by atoms with Crippen molar-refractivity contribution < 1.29 is 14.7 Å². The quantitative estimate of drug-likeness (QED) is 0.716. The second-order valence-electron chi connectivity index (χ2n) is 7.14. The zero-order valence-corrected chi connectivity index (χ0v) is 15.8. The summed E-state index contributed by atoms with van der Waals surface area (Å²) in [6, 6.07) is 11.2. The number of benzene rings is 1. The molecule has 3 aromatic rings. The molecule has 0 spiro atoms. The number of carbonyl (C=O) groups excluding carboxylic acids is 1. The van der Waals surface area contributed by atoms with Gasteiger partial charge in [0.25, 0.3) is 5.91 Å². The van der Waals surface area contributed by atoms with Crippen molar-refractivity contribution in [3.05, 3.63) is 66.1 Å². The molecule has 1 aliphatic heterocycles. The van der Waals surface area contributed by atoms with Crippen molar-refractivity contribution in [3.63, 3.8) is 0 Å². The van der Waals surface area contributed by atoms with Gasteiger partial charge in [0.15, 0.2) is 0 Å². The van der Waals surface area contributed by atoms with Crippen LogP contribution in [0.2, 0.25) is 0 Å². The van der Waals surface area contributed by atoms with Gasteiger partial charge in [0.2, 0.25) is 0 Å². The van der Waals surface area contributed by atoms with Crippen LogP contribution in [-0.4, -0.2) is 55.0 Å². The number of carboxylic acids is 1. The molecule has 0 radical (unpaired) electrons. The van der Waals surface area contributed by atoms with Crippen LogP contribution in [0.4, 0.5) is 0 Å². The van der Waals surface area contributed by atoms with Crippen molar-refractivity contribution >= 4 is 11.9 Å². The molecule has 8 heteroatoms. The maximum Gasteiger partial charge on any atom is 0.306 e. The van der Waals surface area contributed by atoms with E-state index in [4.69, 9.17) is 5.11 Å². The van der Waals surface area contributed by atoms with Crippen molar-refractivity contribution in [1.82, 2.24) is 24.9 Å². The van der Waals surface area contributed by atoms with Crippen LogP contribution in [0.1, 0.15) is 28.8 Å². The Balaban J connectivity index is 1.38.